The van der Waals surface area contributed by atoms with Crippen LogP contribution in [0.5, 0.6) is 0 Å². The molecule has 0 spiro atoms. The van der Waals surface area contributed by atoms with Gasteiger partial charge in [-0.1, -0.05) is 62.4 Å². The fourth-order valence-corrected chi connectivity index (χ4v) is 3.81. The average molecular weight is 440 g/mol. The lowest BCUT2D eigenvalue weighted by atomic mass is 9.98. The first-order chi connectivity index (χ1) is 15.3. The zero-order valence-electron chi connectivity index (χ0n) is 18.1. The fourth-order valence-electron chi connectivity index (χ4n) is 3.81. The van der Waals surface area contributed by atoms with Crippen molar-refractivity contribution < 1.29 is 29.3 Å². The molecule has 2 amide bonds. The molecule has 2 atom stereocenters. The minimum atomic E-state index is -1.67. The van der Waals surface area contributed by atoms with Crippen LogP contribution < -0.4 is 10.6 Å². The number of hydrogen-bond donors (Lipinski definition) is 4. The standard InChI is InChI=1S/C24H28N2O6/c1-14(2)20(11-22(28)25-12-21(27)23(29)30)26-24(31)32-13-19-17-9-5-3-7-15(17)16-8-4-6-10-18(16)19/h3-10,14,19-21,27H,11-13H2,1-2H3,(H,25,28)(H,26,31)(H,29,30)/t20-,21?/m1/s1. The third-order valence-electron chi connectivity index (χ3n) is 5.63. The molecule has 0 aliphatic heterocycles. The van der Waals surface area contributed by atoms with Crippen LogP contribution in [0.1, 0.15) is 37.3 Å². The molecular weight excluding hydrogens is 412 g/mol. The summed E-state index contributed by atoms with van der Waals surface area (Å²) in [5.41, 5.74) is 4.49. The van der Waals surface area contributed by atoms with Crippen LogP contribution in [0.25, 0.3) is 11.1 Å². The molecule has 1 unspecified atom stereocenters. The van der Waals surface area contributed by atoms with E-state index in [1.165, 1.54) is 0 Å². The number of aliphatic carboxylic acids is 1. The van der Waals surface area contributed by atoms with E-state index in [1.54, 1.807) is 0 Å². The van der Waals surface area contributed by atoms with E-state index in [2.05, 4.69) is 22.8 Å². The number of fused-ring (bicyclic) bond motifs is 3. The van der Waals surface area contributed by atoms with Crippen molar-refractivity contribution in [2.24, 2.45) is 5.92 Å². The molecule has 0 saturated heterocycles. The second-order valence-electron chi connectivity index (χ2n) is 8.18. The molecule has 2 aromatic carbocycles. The Hall–Kier alpha value is -3.39. The number of carbonyl (C=O) groups excluding carboxylic acids is 2. The van der Waals surface area contributed by atoms with Gasteiger partial charge >= 0.3 is 12.1 Å². The number of rotatable bonds is 9. The summed E-state index contributed by atoms with van der Waals surface area (Å²) in [5, 5.41) is 23.0. The maximum Gasteiger partial charge on any atom is 0.407 e. The first-order valence-electron chi connectivity index (χ1n) is 10.6. The summed E-state index contributed by atoms with van der Waals surface area (Å²) in [7, 11) is 0. The Morgan fingerprint density at radius 1 is 1.00 bits per heavy atom. The number of carboxylic acid groups (broad SMARTS) is 1. The van der Waals surface area contributed by atoms with Crippen molar-refractivity contribution in [3.05, 3.63) is 59.7 Å². The van der Waals surface area contributed by atoms with Gasteiger partial charge in [-0.25, -0.2) is 9.59 Å². The predicted molar refractivity (Wildman–Crippen MR) is 118 cm³/mol. The summed E-state index contributed by atoms with van der Waals surface area (Å²) < 4.78 is 5.53. The van der Waals surface area contributed by atoms with E-state index < -0.39 is 36.7 Å². The number of carboxylic acids is 1. The number of hydrogen-bond acceptors (Lipinski definition) is 5. The van der Waals surface area contributed by atoms with Crippen molar-refractivity contribution in [3.63, 3.8) is 0 Å². The van der Waals surface area contributed by atoms with Crippen molar-refractivity contribution in [1.29, 1.82) is 0 Å². The van der Waals surface area contributed by atoms with Crippen molar-refractivity contribution in [2.75, 3.05) is 13.2 Å². The van der Waals surface area contributed by atoms with Crippen LogP contribution in [0.2, 0.25) is 0 Å². The molecule has 0 bridgehead atoms. The SMILES string of the molecule is CC(C)[C@@H](CC(=O)NCC(O)C(=O)O)NC(=O)OCC1c2ccccc2-c2ccccc21. The molecule has 32 heavy (non-hydrogen) atoms. The van der Waals surface area contributed by atoms with Gasteiger partial charge < -0.3 is 25.6 Å². The van der Waals surface area contributed by atoms with Crippen molar-refractivity contribution >= 4 is 18.0 Å². The molecule has 8 heteroatoms. The number of benzene rings is 2. The molecule has 1 aliphatic rings. The van der Waals surface area contributed by atoms with E-state index in [1.807, 2.05) is 50.2 Å². The van der Waals surface area contributed by atoms with E-state index in [4.69, 9.17) is 9.84 Å². The van der Waals surface area contributed by atoms with Gasteiger partial charge in [0, 0.05) is 18.4 Å². The Morgan fingerprint density at radius 2 is 1.56 bits per heavy atom. The summed E-state index contributed by atoms with van der Waals surface area (Å²) >= 11 is 0. The quantitative estimate of drug-likeness (QED) is 0.475. The highest BCUT2D eigenvalue weighted by Gasteiger charge is 2.29. The molecule has 1 aliphatic carbocycles. The second kappa shape index (κ2) is 10.3. The topological polar surface area (TPSA) is 125 Å². The molecule has 2 aromatic rings. The first kappa shape index (κ1) is 23.3. The predicted octanol–water partition coefficient (Wildman–Crippen LogP) is 2.50. The normalized spacial score (nSPS) is 14.2. The number of aliphatic hydroxyl groups is 1. The minimum absolute atomic E-state index is 0.0613. The lowest BCUT2D eigenvalue weighted by Crippen LogP contribution is -2.44. The highest BCUT2D eigenvalue weighted by molar-refractivity contribution is 5.80. The van der Waals surface area contributed by atoms with E-state index in [9.17, 15) is 19.5 Å². The molecular formula is C24H28N2O6. The van der Waals surface area contributed by atoms with Crippen LogP contribution in [-0.4, -0.2) is 53.5 Å². The molecule has 0 aromatic heterocycles. The van der Waals surface area contributed by atoms with Gasteiger partial charge in [0.25, 0.3) is 0 Å². The lowest BCUT2D eigenvalue weighted by Gasteiger charge is -2.22. The van der Waals surface area contributed by atoms with Crippen LogP contribution >= 0.6 is 0 Å². The molecule has 0 radical (unpaired) electrons. The number of amides is 2. The minimum Gasteiger partial charge on any atom is -0.479 e. The zero-order chi connectivity index (χ0) is 23.3. The van der Waals surface area contributed by atoms with Gasteiger partial charge in [-0.05, 0) is 28.2 Å². The third-order valence-corrected chi connectivity index (χ3v) is 5.63. The first-order valence-corrected chi connectivity index (χ1v) is 10.6. The van der Waals surface area contributed by atoms with Crippen LogP contribution in [0.4, 0.5) is 4.79 Å². The molecule has 0 heterocycles. The fraction of sp³-hybridized carbons (Fsp3) is 0.375. The van der Waals surface area contributed by atoms with Gasteiger partial charge in [-0.2, -0.15) is 0 Å². The van der Waals surface area contributed by atoms with E-state index in [-0.39, 0.29) is 24.9 Å². The van der Waals surface area contributed by atoms with Crippen molar-refractivity contribution in [1.82, 2.24) is 10.6 Å². The molecule has 4 N–H and O–H groups in total. The average Bonchev–Trinajstić information content (AvgIpc) is 3.09. The van der Waals surface area contributed by atoms with Crippen LogP contribution in [-0.2, 0) is 14.3 Å². The Kier molecular flexibility index (Phi) is 7.48. The maximum atomic E-state index is 12.5. The molecule has 0 saturated carbocycles. The molecule has 170 valence electrons. The van der Waals surface area contributed by atoms with Crippen LogP contribution in [0, 0.1) is 5.92 Å². The van der Waals surface area contributed by atoms with E-state index in [0.29, 0.717) is 0 Å². The van der Waals surface area contributed by atoms with Crippen LogP contribution in [0.3, 0.4) is 0 Å². The third kappa shape index (κ3) is 5.45. The summed E-state index contributed by atoms with van der Waals surface area (Å²) in [6.45, 7) is 3.48. The smallest absolute Gasteiger partial charge is 0.407 e. The van der Waals surface area contributed by atoms with E-state index >= 15 is 0 Å². The molecule has 0 fully saturated rings. The molecule has 8 nitrogen and oxygen atoms in total. The summed E-state index contributed by atoms with van der Waals surface area (Å²) in [4.78, 5) is 35.2. The summed E-state index contributed by atoms with van der Waals surface area (Å²) in [6, 6.07) is 15.6. The monoisotopic (exact) mass is 440 g/mol. The number of carbonyl (C=O) groups is 3. The maximum absolute atomic E-state index is 12.5. The van der Waals surface area contributed by atoms with Gasteiger partial charge in [0.1, 0.15) is 6.61 Å². The van der Waals surface area contributed by atoms with Gasteiger partial charge in [0.2, 0.25) is 5.91 Å². The van der Waals surface area contributed by atoms with Gasteiger partial charge in [0.15, 0.2) is 6.10 Å². The number of alkyl carbamates (subject to hydrolysis) is 1. The molecule has 3 rings (SSSR count). The Balaban J connectivity index is 1.57. The van der Waals surface area contributed by atoms with Gasteiger partial charge in [-0.3, -0.25) is 4.79 Å². The van der Waals surface area contributed by atoms with Crippen LogP contribution in [0.15, 0.2) is 48.5 Å². The van der Waals surface area contributed by atoms with Gasteiger partial charge in [0.05, 0.1) is 6.54 Å². The Bertz CT molecular complexity index is 944. The zero-order valence-corrected chi connectivity index (χ0v) is 18.1. The Morgan fingerprint density at radius 3 is 2.09 bits per heavy atom. The second-order valence-corrected chi connectivity index (χ2v) is 8.18. The highest BCUT2D eigenvalue weighted by Crippen LogP contribution is 2.44. The Labute approximate surface area is 186 Å². The number of ether oxygens (including phenoxy) is 1. The highest BCUT2D eigenvalue weighted by atomic mass is 16.5. The van der Waals surface area contributed by atoms with Gasteiger partial charge in [-0.15, -0.1) is 0 Å². The number of nitrogens with one attached hydrogen (secondary N) is 2. The van der Waals surface area contributed by atoms with E-state index in [0.717, 1.165) is 22.3 Å². The summed E-state index contributed by atoms with van der Waals surface area (Å²) in [6.07, 6.45) is -2.36. The van der Waals surface area contributed by atoms with Crippen molar-refractivity contribution in [3.8, 4) is 11.1 Å². The number of aliphatic hydroxyl groups excluding tert-OH is 1. The largest absolute Gasteiger partial charge is 0.479 e. The summed E-state index contributed by atoms with van der Waals surface area (Å²) in [5.74, 6) is -2.01. The van der Waals surface area contributed by atoms with Crippen molar-refractivity contribution in [2.45, 2.75) is 38.3 Å². The lowest BCUT2D eigenvalue weighted by molar-refractivity contribution is -0.146.